The van der Waals surface area contributed by atoms with Gasteiger partial charge in [0.05, 0.1) is 6.04 Å². The smallest absolute Gasteiger partial charge is 0.202 e. The molecule has 0 saturated carbocycles. The van der Waals surface area contributed by atoms with Gasteiger partial charge in [-0.15, -0.1) is 0 Å². The normalized spacial score (nSPS) is 13.9. The van der Waals surface area contributed by atoms with Crippen LogP contribution < -0.4 is 11.1 Å². The number of hydrogen-bond acceptors (Lipinski definition) is 2. The maximum Gasteiger partial charge on any atom is 0.202 e. The number of guanidine groups is 1. The monoisotopic (exact) mass is 140 g/mol. The Balaban J connectivity index is 3.79. The van der Waals surface area contributed by atoms with Crippen molar-refractivity contribution in [3.8, 4) is 6.19 Å². The summed E-state index contributed by atoms with van der Waals surface area (Å²) in [6.07, 6.45) is 2.62. The van der Waals surface area contributed by atoms with E-state index in [0.717, 1.165) is 6.42 Å². The number of nitrogens with two attached hydrogens (primary N) is 1. The van der Waals surface area contributed by atoms with Gasteiger partial charge in [-0.3, -0.25) is 5.32 Å². The van der Waals surface area contributed by atoms with Gasteiger partial charge in [0.25, 0.3) is 0 Å². The van der Waals surface area contributed by atoms with Crippen LogP contribution in [0, 0.1) is 11.5 Å². The first-order chi connectivity index (χ1) is 4.70. The third-order valence-corrected chi connectivity index (χ3v) is 1.13. The number of aliphatic imine (C=N–C) groups is 1. The second kappa shape index (κ2) is 4.62. The van der Waals surface area contributed by atoms with Gasteiger partial charge in [0, 0.05) is 0 Å². The zero-order chi connectivity index (χ0) is 7.98. The molecule has 0 aliphatic rings. The van der Waals surface area contributed by atoms with Crippen molar-refractivity contribution >= 4 is 5.96 Å². The van der Waals surface area contributed by atoms with Crippen LogP contribution in [0.1, 0.15) is 20.3 Å². The maximum absolute atomic E-state index is 8.10. The number of nitrogens with one attached hydrogen (secondary N) is 1. The van der Waals surface area contributed by atoms with Gasteiger partial charge < -0.3 is 5.73 Å². The van der Waals surface area contributed by atoms with Gasteiger partial charge in [0.15, 0.2) is 6.19 Å². The third kappa shape index (κ3) is 3.72. The Morgan fingerprint density at radius 2 is 2.50 bits per heavy atom. The molecule has 10 heavy (non-hydrogen) atoms. The molecule has 0 heterocycles. The van der Waals surface area contributed by atoms with E-state index < -0.39 is 0 Å². The highest BCUT2D eigenvalue weighted by atomic mass is 15.1. The van der Waals surface area contributed by atoms with E-state index in [1.54, 1.807) is 6.19 Å². The van der Waals surface area contributed by atoms with Crippen molar-refractivity contribution in [2.45, 2.75) is 26.3 Å². The SMILES string of the molecule is CCC(C)N=C(N)NC#N. The van der Waals surface area contributed by atoms with Crippen LogP contribution in [0.4, 0.5) is 0 Å². The summed E-state index contributed by atoms with van der Waals surface area (Å²) < 4.78 is 0. The second-order valence-electron chi connectivity index (χ2n) is 2.01. The molecule has 1 atom stereocenters. The minimum absolute atomic E-state index is 0.181. The summed E-state index contributed by atoms with van der Waals surface area (Å²) in [5.74, 6) is 0.192. The molecule has 4 heteroatoms. The summed E-state index contributed by atoms with van der Waals surface area (Å²) in [4.78, 5) is 3.95. The highest BCUT2D eigenvalue weighted by Gasteiger charge is 1.94. The van der Waals surface area contributed by atoms with Crippen LogP contribution in [-0.2, 0) is 0 Å². The zero-order valence-electron chi connectivity index (χ0n) is 6.26. The molecular formula is C6H12N4. The van der Waals surface area contributed by atoms with Crippen molar-refractivity contribution in [2.24, 2.45) is 10.7 Å². The van der Waals surface area contributed by atoms with Crippen molar-refractivity contribution < 1.29 is 0 Å². The molecule has 0 spiro atoms. The number of nitriles is 1. The largest absolute Gasteiger partial charge is 0.369 e. The van der Waals surface area contributed by atoms with E-state index in [1.165, 1.54) is 0 Å². The van der Waals surface area contributed by atoms with Crippen molar-refractivity contribution in [1.82, 2.24) is 5.32 Å². The molecule has 0 aromatic heterocycles. The molecule has 0 aromatic carbocycles. The summed E-state index contributed by atoms with van der Waals surface area (Å²) in [6, 6.07) is 0.181. The van der Waals surface area contributed by atoms with Crippen LogP contribution in [0.25, 0.3) is 0 Å². The van der Waals surface area contributed by atoms with Crippen LogP contribution in [-0.4, -0.2) is 12.0 Å². The Bertz CT molecular complexity index is 156. The van der Waals surface area contributed by atoms with Crippen molar-refractivity contribution in [3.05, 3.63) is 0 Å². The van der Waals surface area contributed by atoms with Gasteiger partial charge >= 0.3 is 0 Å². The summed E-state index contributed by atoms with van der Waals surface area (Å²) in [5.41, 5.74) is 5.28. The molecule has 0 amide bonds. The molecule has 0 saturated heterocycles. The lowest BCUT2D eigenvalue weighted by Gasteiger charge is -2.01. The van der Waals surface area contributed by atoms with Crippen LogP contribution in [0.5, 0.6) is 0 Å². The molecule has 0 fully saturated rings. The minimum atomic E-state index is 0.181. The van der Waals surface area contributed by atoms with Crippen molar-refractivity contribution in [3.63, 3.8) is 0 Å². The van der Waals surface area contributed by atoms with Crippen LogP contribution in [0.2, 0.25) is 0 Å². The molecule has 0 aliphatic heterocycles. The minimum Gasteiger partial charge on any atom is -0.369 e. The van der Waals surface area contributed by atoms with Gasteiger partial charge in [-0.2, -0.15) is 5.26 Å². The number of rotatable bonds is 2. The molecule has 4 nitrogen and oxygen atoms in total. The van der Waals surface area contributed by atoms with Gasteiger partial charge in [-0.05, 0) is 13.3 Å². The molecule has 56 valence electrons. The molecular weight excluding hydrogens is 128 g/mol. The number of hydrogen-bond donors (Lipinski definition) is 2. The molecule has 0 aromatic rings. The first-order valence-corrected chi connectivity index (χ1v) is 3.19. The lowest BCUT2D eigenvalue weighted by molar-refractivity contribution is 0.712. The average molecular weight is 140 g/mol. The summed E-state index contributed by atoms with van der Waals surface area (Å²) in [7, 11) is 0. The van der Waals surface area contributed by atoms with Gasteiger partial charge in [0.1, 0.15) is 0 Å². The fourth-order valence-electron chi connectivity index (χ4n) is 0.418. The van der Waals surface area contributed by atoms with E-state index in [2.05, 4.69) is 10.3 Å². The molecule has 3 N–H and O–H groups in total. The van der Waals surface area contributed by atoms with Crippen molar-refractivity contribution in [2.75, 3.05) is 0 Å². The molecule has 0 rings (SSSR count). The molecule has 1 unspecified atom stereocenters. The van der Waals surface area contributed by atoms with Crippen molar-refractivity contribution in [1.29, 1.82) is 5.26 Å². The predicted molar refractivity (Wildman–Crippen MR) is 40.1 cm³/mol. The Morgan fingerprint density at radius 3 is 2.90 bits per heavy atom. The fourth-order valence-corrected chi connectivity index (χ4v) is 0.418. The van der Waals surface area contributed by atoms with Crippen LogP contribution >= 0.6 is 0 Å². The predicted octanol–water partition coefficient (Wildman–Crippen LogP) is 0.170. The highest BCUT2D eigenvalue weighted by Crippen LogP contribution is 1.92. The van der Waals surface area contributed by atoms with Crippen LogP contribution in [0.15, 0.2) is 4.99 Å². The van der Waals surface area contributed by atoms with Crippen LogP contribution in [0.3, 0.4) is 0 Å². The third-order valence-electron chi connectivity index (χ3n) is 1.13. The van der Waals surface area contributed by atoms with E-state index in [-0.39, 0.29) is 12.0 Å². The van der Waals surface area contributed by atoms with E-state index in [9.17, 15) is 0 Å². The standard InChI is InChI=1S/C6H12N4/c1-3-5(2)10-6(8)9-4-7/h5H,3H2,1-2H3,(H3,8,9,10). The lowest BCUT2D eigenvalue weighted by atomic mass is 10.3. The molecule has 0 radical (unpaired) electrons. The Morgan fingerprint density at radius 1 is 1.90 bits per heavy atom. The highest BCUT2D eigenvalue weighted by molar-refractivity contribution is 5.79. The van der Waals surface area contributed by atoms with Gasteiger partial charge in [-0.1, -0.05) is 6.92 Å². The second-order valence-corrected chi connectivity index (χ2v) is 2.01. The lowest BCUT2D eigenvalue weighted by Crippen LogP contribution is -2.28. The Kier molecular flexibility index (Phi) is 4.05. The van der Waals surface area contributed by atoms with E-state index in [4.69, 9.17) is 11.0 Å². The quantitative estimate of drug-likeness (QED) is 0.248. The molecule has 0 aliphatic carbocycles. The van der Waals surface area contributed by atoms with E-state index in [1.807, 2.05) is 13.8 Å². The summed E-state index contributed by atoms with van der Waals surface area (Å²) in [6.45, 7) is 3.94. The number of nitrogens with zero attached hydrogens (tertiary/aromatic N) is 2. The first kappa shape index (κ1) is 8.76. The van der Waals surface area contributed by atoms with Gasteiger partial charge in [0.2, 0.25) is 5.96 Å². The average Bonchev–Trinajstić information content (AvgIpc) is 1.88. The maximum atomic E-state index is 8.10. The topological polar surface area (TPSA) is 74.2 Å². The zero-order valence-corrected chi connectivity index (χ0v) is 6.26. The first-order valence-electron chi connectivity index (χ1n) is 3.19. The Hall–Kier alpha value is -1.24. The van der Waals surface area contributed by atoms with E-state index in [0.29, 0.717) is 0 Å². The fraction of sp³-hybridized carbons (Fsp3) is 0.667. The Labute approximate surface area is 60.7 Å². The molecule has 0 bridgehead atoms. The van der Waals surface area contributed by atoms with Gasteiger partial charge in [-0.25, -0.2) is 4.99 Å². The van der Waals surface area contributed by atoms with E-state index >= 15 is 0 Å². The summed E-state index contributed by atoms with van der Waals surface area (Å²) >= 11 is 0. The summed E-state index contributed by atoms with van der Waals surface area (Å²) in [5, 5.41) is 10.3.